The second-order valence-corrected chi connectivity index (χ2v) is 11.4. The first kappa shape index (κ1) is 35.4. The van der Waals surface area contributed by atoms with Gasteiger partial charge in [-0.3, -0.25) is 19.1 Å². The molecule has 0 amide bonds. The Hall–Kier alpha value is -4.86. The summed E-state index contributed by atoms with van der Waals surface area (Å²) in [5.74, 6) is -1.52. The van der Waals surface area contributed by atoms with Crippen molar-refractivity contribution in [3.8, 4) is 11.3 Å². The molecule has 2 aromatic heterocycles. The number of esters is 2. The molecule has 49 heavy (non-hydrogen) atoms. The normalized spacial score (nSPS) is 16.9. The predicted octanol–water partition coefficient (Wildman–Crippen LogP) is 6.71. The molecule has 10 nitrogen and oxygen atoms in total. The summed E-state index contributed by atoms with van der Waals surface area (Å²) in [6.45, 7) is 0.0931. The number of hydrogen-bond donors (Lipinski definition) is 0. The molecule has 1 saturated heterocycles. The van der Waals surface area contributed by atoms with Crippen molar-refractivity contribution in [2.75, 3.05) is 27.4 Å². The fraction of sp³-hybridized carbons (Fsp3) is 0.394. The highest BCUT2D eigenvalue weighted by atomic mass is 19.4. The van der Waals surface area contributed by atoms with Gasteiger partial charge in [0.05, 0.1) is 38.2 Å². The molecule has 0 radical (unpaired) electrons. The van der Waals surface area contributed by atoms with E-state index in [0.717, 1.165) is 39.7 Å². The van der Waals surface area contributed by atoms with Crippen LogP contribution < -0.4 is 0 Å². The first-order valence-electron chi connectivity index (χ1n) is 15.1. The minimum atomic E-state index is -5.06. The third-order valence-electron chi connectivity index (χ3n) is 8.28. The lowest BCUT2D eigenvalue weighted by Gasteiger charge is -2.30. The van der Waals surface area contributed by atoms with Gasteiger partial charge in [0.1, 0.15) is 29.2 Å². The van der Waals surface area contributed by atoms with Crippen molar-refractivity contribution in [3.63, 3.8) is 0 Å². The van der Waals surface area contributed by atoms with Gasteiger partial charge in [-0.25, -0.2) is 15.0 Å². The molecule has 16 heteroatoms. The van der Waals surface area contributed by atoms with E-state index in [1.54, 1.807) is 30.6 Å². The molecule has 3 heterocycles. The Morgan fingerprint density at radius 3 is 2.33 bits per heavy atom. The quantitative estimate of drug-likeness (QED) is 0.102. The summed E-state index contributed by atoms with van der Waals surface area (Å²) in [6, 6.07) is 7.58. The topological polar surface area (TPSA) is 118 Å². The number of carbonyl (C=O) groups is 2. The maximum atomic E-state index is 13.6. The van der Waals surface area contributed by atoms with E-state index in [1.165, 1.54) is 6.33 Å². The lowest BCUT2D eigenvalue weighted by atomic mass is 9.75. The molecular weight excluding hydrogens is 660 g/mol. The Bertz CT molecular complexity index is 1820. The van der Waals surface area contributed by atoms with E-state index in [-0.39, 0.29) is 25.1 Å². The van der Waals surface area contributed by atoms with Gasteiger partial charge in [0.25, 0.3) is 0 Å². The number of halogens is 6. The van der Waals surface area contributed by atoms with Gasteiger partial charge in [-0.05, 0) is 61.1 Å². The number of ether oxygens (including phenoxy) is 3. The van der Waals surface area contributed by atoms with Crippen molar-refractivity contribution >= 4 is 29.3 Å². The number of nitrogens with zero attached hydrogens (tertiary/aromatic N) is 5. The van der Waals surface area contributed by atoms with E-state index in [9.17, 15) is 35.9 Å². The van der Waals surface area contributed by atoms with Gasteiger partial charge in [-0.15, -0.1) is 0 Å². The number of imidazole rings is 1. The van der Waals surface area contributed by atoms with Crippen LogP contribution in [0.3, 0.4) is 0 Å². The maximum absolute atomic E-state index is 13.6. The fourth-order valence-electron chi connectivity index (χ4n) is 5.75. The van der Waals surface area contributed by atoms with Gasteiger partial charge in [0.2, 0.25) is 0 Å². The average molecular weight is 692 g/mol. The van der Waals surface area contributed by atoms with Gasteiger partial charge in [0, 0.05) is 24.8 Å². The van der Waals surface area contributed by atoms with Crippen molar-refractivity contribution in [2.24, 2.45) is 4.99 Å². The molecule has 0 aliphatic carbocycles. The minimum Gasteiger partial charge on any atom is -0.469 e. The van der Waals surface area contributed by atoms with E-state index >= 15 is 0 Å². The Kier molecular flexibility index (Phi) is 10.4. The number of benzene rings is 2. The molecule has 1 fully saturated rings. The molecule has 1 aliphatic rings. The number of aromatic nitrogens is 4. The van der Waals surface area contributed by atoms with Crippen LogP contribution in [0.4, 0.5) is 26.3 Å². The molecular formula is C33H31F6N5O5. The van der Waals surface area contributed by atoms with Gasteiger partial charge >= 0.3 is 24.3 Å². The Labute approximate surface area is 276 Å². The summed E-state index contributed by atoms with van der Waals surface area (Å²) < 4.78 is 98.4. The third-order valence-corrected chi connectivity index (χ3v) is 8.28. The molecule has 260 valence electrons. The molecule has 5 rings (SSSR count). The highest BCUT2D eigenvalue weighted by Gasteiger charge is 2.42. The van der Waals surface area contributed by atoms with Crippen molar-refractivity contribution in [1.29, 1.82) is 0 Å². The van der Waals surface area contributed by atoms with Crippen LogP contribution in [0.5, 0.6) is 0 Å². The monoisotopic (exact) mass is 691 g/mol. The summed E-state index contributed by atoms with van der Waals surface area (Å²) in [5.41, 5.74) is -3.08. The summed E-state index contributed by atoms with van der Waals surface area (Å²) in [4.78, 5) is 43.4. The number of aliphatic imine (C=N–C) groups is 1. The maximum Gasteiger partial charge on any atom is 0.416 e. The van der Waals surface area contributed by atoms with E-state index in [4.69, 9.17) is 14.2 Å². The molecule has 0 spiro atoms. The summed E-state index contributed by atoms with van der Waals surface area (Å²) >= 11 is 0. The van der Waals surface area contributed by atoms with Crippen LogP contribution >= 0.6 is 0 Å². The third kappa shape index (κ3) is 7.74. The first-order valence-corrected chi connectivity index (χ1v) is 15.1. The highest BCUT2D eigenvalue weighted by Crippen LogP contribution is 2.38. The largest absolute Gasteiger partial charge is 0.469 e. The predicted molar refractivity (Wildman–Crippen MR) is 163 cm³/mol. The van der Waals surface area contributed by atoms with E-state index in [2.05, 4.69) is 19.9 Å². The molecule has 0 N–H and O–H groups in total. The van der Waals surface area contributed by atoms with Crippen LogP contribution in [0.25, 0.3) is 22.4 Å². The van der Waals surface area contributed by atoms with Crippen molar-refractivity contribution in [2.45, 2.75) is 56.1 Å². The number of hydrogen-bond acceptors (Lipinski definition) is 9. The molecule has 0 saturated carbocycles. The van der Waals surface area contributed by atoms with Crippen LogP contribution in [0.2, 0.25) is 0 Å². The zero-order valence-electron chi connectivity index (χ0n) is 26.3. The lowest BCUT2D eigenvalue weighted by Crippen LogP contribution is -2.41. The van der Waals surface area contributed by atoms with Crippen LogP contribution in [0.1, 0.15) is 60.6 Å². The summed E-state index contributed by atoms with van der Waals surface area (Å²) in [5, 5.41) is 0. The second-order valence-electron chi connectivity index (χ2n) is 11.4. The standard InChI is InChI=1S/C33H31F6N5O5/c1-47-26(45)9-10-31(30(46)48-2,17-40-16-20-12-23(32(34,35)36)15-24(13-20)33(37,38)39)22-7-5-6-21(14-22)27-28-29(42-18-41-27)44(19-43-28)25-8-3-4-11-49-25/h5-7,12-16,18-19,25H,3-4,8-11,17H2,1-2H3. The zero-order valence-corrected chi connectivity index (χ0v) is 26.3. The Morgan fingerprint density at radius 1 is 0.959 bits per heavy atom. The molecule has 4 aromatic rings. The van der Waals surface area contributed by atoms with E-state index < -0.39 is 52.9 Å². The van der Waals surface area contributed by atoms with Crippen molar-refractivity contribution < 1.29 is 50.1 Å². The van der Waals surface area contributed by atoms with E-state index in [1.807, 2.05) is 4.57 Å². The number of rotatable bonds is 10. The second kappa shape index (κ2) is 14.3. The van der Waals surface area contributed by atoms with Gasteiger partial charge in [-0.1, -0.05) is 18.2 Å². The minimum absolute atomic E-state index is 0.00723. The number of fused-ring (bicyclic) bond motifs is 1. The molecule has 2 atom stereocenters. The van der Waals surface area contributed by atoms with Gasteiger partial charge < -0.3 is 14.2 Å². The summed E-state index contributed by atoms with van der Waals surface area (Å²) in [6.07, 6.45) is -4.39. The van der Waals surface area contributed by atoms with Gasteiger partial charge in [-0.2, -0.15) is 26.3 Å². The average Bonchev–Trinajstić information content (AvgIpc) is 3.53. The van der Waals surface area contributed by atoms with E-state index in [0.29, 0.717) is 46.7 Å². The Balaban J connectivity index is 1.58. The first-order chi connectivity index (χ1) is 23.3. The molecule has 2 aromatic carbocycles. The molecule has 2 unspecified atom stereocenters. The SMILES string of the molecule is COC(=O)CCC(CN=Cc1cc(C(F)(F)F)cc(C(F)(F)F)c1)(C(=O)OC)c1cccc(-c2ncnc3c2ncn3C2CCCCO2)c1. The molecule has 0 bridgehead atoms. The zero-order chi connectivity index (χ0) is 35.4. The lowest BCUT2D eigenvalue weighted by molar-refractivity contribution is -0.149. The number of carbonyl (C=O) groups excluding carboxylic acids is 2. The Morgan fingerprint density at radius 2 is 1.69 bits per heavy atom. The number of alkyl halides is 6. The van der Waals surface area contributed by atoms with Crippen LogP contribution in [0, 0.1) is 0 Å². The number of methoxy groups -OCH3 is 2. The fourth-order valence-corrected chi connectivity index (χ4v) is 5.75. The highest BCUT2D eigenvalue weighted by molar-refractivity contribution is 5.89. The smallest absolute Gasteiger partial charge is 0.416 e. The summed E-state index contributed by atoms with van der Waals surface area (Å²) in [7, 11) is 2.27. The van der Waals surface area contributed by atoms with Crippen molar-refractivity contribution in [1.82, 2.24) is 19.5 Å². The van der Waals surface area contributed by atoms with Crippen molar-refractivity contribution in [3.05, 3.63) is 77.4 Å². The van der Waals surface area contributed by atoms with Gasteiger partial charge in [0.15, 0.2) is 5.65 Å². The van der Waals surface area contributed by atoms with Crippen LogP contribution in [-0.2, 0) is 41.6 Å². The van der Waals surface area contributed by atoms with Crippen LogP contribution in [-0.4, -0.2) is 65.0 Å². The molecule has 1 aliphatic heterocycles. The van der Waals surface area contributed by atoms with Crippen LogP contribution in [0.15, 0.2) is 60.1 Å².